The van der Waals surface area contributed by atoms with Gasteiger partial charge in [0.1, 0.15) is 29.1 Å². The van der Waals surface area contributed by atoms with Gasteiger partial charge < -0.3 is 9.53 Å². The number of nitrogens with zero attached hydrogens (tertiary/aromatic N) is 1. The third-order valence-electron chi connectivity index (χ3n) is 4.55. The molecule has 0 spiro atoms. The smallest absolute Gasteiger partial charge is 0.150 e. The highest BCUT2D eigenvalue weighted by Gasteiger charge is 2.18. The number of carbonyl (C=O) groups is 1. The molecule has 6 heteroatoms. The summed E-state index contributed by atoms with van der Waals surface area (Å²) in [7, 11) is 0. The predicted octanol–water partition coefficient (Wildman–Crippen LogP) is 6.32. The Morgan fingerprint density at radius 1 is 1.21 bits per heavy atom. The van der Waals surface area contributed by atoms with Crippen molar-refractivity contribution in [2.24, 2.45) is 0 Å². The third kappa shape index (κ3) is 4.78. The fourth-order valence-corrected chi connectivity index (χ4v) is 4.06. The van der Waals surface area contributed by atoms with Crippen LogP contribution in [0.1, 0.15) is 35.6 Å². The highest BCUT2D eigenvalue weighted by Crippen LogP contribution is 2.35. The van der Waals surface area contributed by atoms with Crippen LogP contribution in [0.15, 0.2) is 36.4 Å². The van der Waals surface area contributed by atoms with Crippen molar-refractivity contribution in [2.75, 3.05) is 0 Å². The fourth-order valence-electron chi connectivity index (χ4n) is 2.94. The number of carbonyl (C=O) groups excluding carboxylic acids is 1. The number of Topliss-reactive ketones (excluding diaryl/α,β-unsaturated/α-hetero) is 1. The monoisotopic (exact) mass is 417 g/mol. The van der Waals surface area contributed by atoms with E-state index in [1.165, 1.54) is 17.6 Å². The predicted molar refractivity (Wildman–Crippen MR) is 112 cm³/mol. The average molecular weight is 418 g/mol. The first kappa shape index (κ1) is 20.5. The van der Waals surface area contributed by atoms with Gasteiger partial charge in [-0.1, -0.05) is 29.8 Å². The van der Waals surface area contributed by atoms with Crippen LogP contribution >= 0.6 is 23.1 Å². The lowest BCUT2D eigenvalue weighted by molar-refractivity contribution is -0.116. The Labute approximate surface area is 173 Å². The van der Waals surface area contributed by atoms with E-state index in [-0.39, 0.29) is 18.2 Å². The molecule has 3 nitrogen and oxygen atoms in total. The molecule has 0 aliphatic carbocycles. The van der Waals surface area contributed by atoms with E-state index in [1.807, 2.05) is 38.1 Å². The van der Waals surface area contributed by atoms with Crippen LogP contribution in [0.5, 0.6) is 5.75 Å². The second kappa shape index (κ2) is 8.84. The standard InChI is InChI=1S/C22H21ClFNO2S/c1-13-4-9-18(20(24)10-13)21-19(22(23)25-28-21)12-27-17-8-7-16(14(2)11-17)6-5-15(3)26/h4,7-11H,5-6,12H2,1-3H3. The maximum absolute atomic E-state index is 14.4. The Balaban J connectivity index is 1.77. The molecule has 0 radical (unpaired) electrons. The van der Waals surface area contributed by atoms with E-state index < -0.39 is 0 Å². The molecule has 0 aliphatic rings. The maximum atomic E-state index is 14.4. The van der Waals surface area contributed by atoms with Crippen molar-refractivity contribution in [3.63, 3.8) is 0 Å². The van der Waals surface area contributed by atoms with Crippen LogP contribution in [-0.2, 0) is 17.8 Å². The van der Waals surface area contributed by atoms with E-state index in [1.54, 1.807) is 13.0 Å². The van der Waals surface area contributed by atoms with Crippen molar-refractivity contribution in [3.8, 4) is 16.2 Å². The van der Waals surface area contributed by atoms with Crippen molar-refractivity contribution in [1.82, 2.24) is 4.37 Å². The lowest BCUT2D eigenvalue weighted by Gasteiger charge is -2.11. The molecule has 146 valence electrons. The van der Waals surface area contributed by atoms with Gasteiger partial charge in [-0.25, -0.2) is 4.39 Å². The van der Waals surface area contributed by atoms with Crippen molar-refractivity contribution >= 4 is 28.9 Å². The first-order chi connectivity index (χ1) is 13.3. The van der Waals surface area contributed by atoms with Crippen molar-refractivity contribution in [1.29, 1.82) is 0 Å². The summed E-state index contributed by atoms with van der Waals surface area (Å²) in [6.45, 7) is 5.64. The molecule has 0 fully saturated rings. The fraction of sp³-hybridized carbons (Fsp3) is 0.273. The molecule has 0 N–H and O–H groups in total. The van der Waals surface area contributed by atoms with Crippen LogP contribution in [-0.4, -0.2) is 10.2 Å². The quantitative estimate of drug-likeness (QED) is 0.451. The molecule has 1 aromatic heterocycles. The number of hydrogen-bond donors (Lipinski definition) is 0. The van der Waals surface area contributed by atoms with Crippen LogP contribution in [0, 0.1) is 19.7 Å². The zero-order valence-corrected chi connectivity index (χ0v) is 17.6. The minimum absolute atomic E-state index is 0.176. The lowest BCUT2D eigenvalue weighted by atomic mass is 10.0. The summed E-state index contributed by atoms with van der Waals surface area (Å²) in [6.07, 6.45) is 1.25. The molecule has 0 amide bonds. The van der Waals surface area contributed by atoms with Gasteiger partial charge in [-0.2, -0.15) is 4.37 Å². The molecule has 3 aromatic rings. The minimum Gasteiger partial charge on any atom is -0.489 e. The Kier molecular flexibility index (Phi) is 6.47. The Bertz CT molecular complexity index is 1020. The number of aromatic nitrogens is 1. The number of aryl methyl sites for hydroxylation is 3. The highest BCUT2D eigenvalue weighted by atomic mass is 35.5. The van der Waals surface area contributed by atoms with Gasteiger partial charge in [0.25, 0.3) is 0 Å². The molecule has 3 rings (SSSR count). The Morgan fingerprint density at radius 3 is 2.68 bits per heavy atom. The zero-order valence-electron chi connectivity index (χ0n) is 16.0. The van der Waals surface area contributed by atoms with E-state index in [2.05, 4.69) is 4.37 Å². The number of ether oxygens (including phenoxy) is 1. The number of benzene rings is 2. The van der Waals surface area contributed by atoms with Crippen LogP contribution in [0.2, 0.25) is 5.15 Å². The lowest BCUT2D eigenvalue weighted by Crippen LogP contribution is -2.00. The normalized spacial score (nSPS) is 10.9. The van der Waals surface area contributed by atoms with Crippen LogP contribution < -0.4 is 4.74 Å². The summed E-state index contributed by atoms with van der Waals surface area (Å²) in [4.78, 5) is 11.9. The van der Waals surface area contributed by atoms with Crippen molar-refractivity contribution in [2.45, 2.75) is 40.2 Å². The summed E-state index contributed by atoms with van der Waals surface area (Å²) >= 11 is 7.40. The molecule has 0 saturated heterocycles. The molecular weight excluding hydrogens is 397 g/mol. The van der Waals surface area contributed by atoms with Gasteiger partial charge in [0.05, 0.1) is 4.88 Å². The molecule has 2 aromatic carbocycles. The topological polar surface area (TPSA) is 39.2 Å². The number of rotatable bonds is 7. The minimum atomic E-state index is -0.299. The number of ketones is 1. The molecule has 0 atom stereocenters. The highest BCUT2D eigenvalue weighted by molar-refractivity contribution is 7.10. The van der Waals surface area contributed by atoms with Gasteiger partial charge in [-0.3, -0.25) is 0 Å². The van der Waals surface area contributed by atoms with Crippen LogP contribution in [0.3, 0.4) is 0 Å². The van der Waals surface area contributed by atoms with E-state index in [0.717, 1.165) is 23.1 Å². The van der Waals surface area contributed by atoms with E-state index in [0.29, 0.717) is 33.3 Å². The van der Waals surface area contributed by atoms with Crippen LogP contribution in [0.25, 0.3) is 10.4 Å². The zero-order chi connectivity index (χ0) is 20.3. The number of halogens is 2. The first-order valence-corrected chi connectivity index (χ1v) is 10.1. The molecule has 0 unspecified atom stereocenters. The second-order valence-corrected chi connectivity index (χ2v) is 7.97. The molecule has 1 heterocycles. The summed E-state index contributed by atoms with van der Waals surface area (Å²) in [5, 5.41) is 0.328. The van der Waals surface area contributed by atoms with Gasteiger partial charge in [-0.05, 0) is 73.6 Å². The van der Waals surface area contributed by atoms with Gasteiger partial charge in [0.15, 0.2) is 0 Å². The molecule has 0 aliphatic heterocycles. The first-order valence-electron chi connectivity index (χ1n) is 8.97. The third-order valence-corrected chi connectivity index (χ3v) is 5.89. The Morgan fingerprint density at radius 2 is 2.00 bits per heavy atom. The van der Waals surface area contributed by atoms with Crippen LogP contribution in [0.4, 0.5) is 4.39 Å². The van der Waals surface area contributed by atoms with E-state index >= 15 is 0 Å². The van der Waals surface area contributed by atoms with Gasteiger partial charge in [-0.15, -0.1) is 0 Å². The van der Waals surface area contributed by atoms with Gasteiger partial charge in [0, 0.05) is 17.5 Å². The average Bonchev–Trinajstić information content (AvgIpc) is 2.99. The second-order valence-electron chi connectivity index (χ2n) is 6.84. The van der Waals surface area contributed by atoms with E-state index in [9.17, 15) is 9.18 Å². The summed E-state index contributed by atoms with van der Waals surface area (Å²) in [5.74, 6) is 0.573. The molecule has 0 bridgehead atoms. The van der Waals surface area contributed by atoms with Gasteiger partial charge in [0.2, 0.25) is 0 Å². The molecular formula is C22H21ClFNO2S. The largest absolute Gasteiger partial charge is 0.489 e. The van der Waals surface area contributed by atoms with Crippen molar-refractivity contribution < 1.29 is 13.9 Å². The molecule has 0 saturated carbocycles. The SMILES string of the molecule is CC(=O)CCc1ccc(OCc2c(Cl)nsc2-c2ccc(C)cc2F)cc1C. The van der Waals surface area contributed by atoms with Crippen molar-refractivity contribution in [3.05, 3.63) is 69.6 Å². The van der Waals surface area contributed by atoms with Gasteiger partial charge >= 0.3 is 0 Å². The number of hydrogen-bond acceptors (Lipinski definition) is 4. The van der Waals surface area contributed by atoms with E-state index in [4.69, 9.17) is 16.3 Å². The summed E-state index contributed by atoms with van der Waals surface area (Å²) in [6, 6.07) is 10.9. The summed E-state index contributed by atoms with van der Waals surface area (Å²) < 4.78 is 24.5. The molecule has 28 heavy (non-hydrogen) atoms. The Hall–Kier alpha value is -2.24. The maximum Gasteiger partial charge on any atom is 0.150 e. The summed E-state index contributed by atoms with van der Waals surface area (Å²) in [5.41, 5.74) is 4.20.